The SMILES string of the molecule is COc1ccc(/C=C/COC(C)/C=C/C2C(C)=CCCC2(C)C)cc1. The first-order valence-corrected chi connectivity index (χ1v) is 9.19. The lowest BCUT2D eigenvalue weighted by Gasteiger charge is -2.36. The van der Waals surface area contributed by atoms with Gasteiger partial charge in [-0.05, 0) is 49.8 Å². The zero-order chi connectivity index (χ0) is 18.3. The van der Waals surface area contributed by atoms with E-state index in [2.05, 4.69) is 58.1 Å². The van der Waals surface area contributed by atoms with Gasteiger partial charge in [-0.2, -0.15) is 0 Å². The van der Waals surface area contributed by atoms with Crippen molar-refractivity contribution >= 4 is 6.08 Å². The van der Waals surface area contributed by atoms with Gasteiger partial charge >= 0.3 is 0 Å². The monoisotopic (exact) mass is 340 g/mol. The Morgan fingerprint density at radius 2 is 1.96 bits per heavy atom. The van der Waals surface area contributed by atoms with Crippen LogP contribution in [0.5, 0.6) is 5.75 Å². The van der Waals surface area contributed by atoms with Crippen LogP contribution in [-0.4, -0.2) is 19.8 Å². The van der Waals surface area contributed by atoms with Gasteiger partial charge in [0.15, 0.2) is 0 Å². The number of hydrogen-bond donors (Lipinski definition) is 0. The highest BCUT2D eigenvalue weighted by Gasteiger charge is 2.30. The molecule has 0 aromatic heterocycles. The molecule has 0 radical (unpaired) electrons. The van der Waals surface area contributed by atoms with Crippen LogP contribution in [0.1, 0.15) is 46.1 Å². The zero-order valence-electron chi connectivity index (χ0n) is 16.3. The summed E-state index contributed by atoms with van der Waals surface area (Å²) in [6, 6.07) is 8.01. The molecular weight excluding hydrogens is 308 g/mol. The summed E-state index contributed by atoms with van der Waals surface area (Å²) < 4.78 is 11.1. The lowest BCUT2D eigenvalue weighted by Crippen LogP contribution is -2.26. The molecule has 2 atom stereocenters. The van der Waals surface area contributed by atoms with Crippen LogP contribution in [0.3, 0.4) is 0 Å². The molecule has 1 aliphatic carbocycles. The van der Waals surface area contributed by atoms with E-state index in [0.29, 0.717) is 17.9 Å². The molecule has 0 aliphatic heterocycles. The Kier molecular flexibility index (Phi) is 7.07. The summed E-state index contributed by atoms with van der Waals surface area (Å²) in [7, 11) is 1.68. The molecule has 0 heterocycles. The van der Waals surface area contributed by atoms with Gasteiger partial charge in [0.1, 0.15) is 5.75 Å². The average Bonchev–Trinajstić information content (AvgIpc) is 2.58. The molecule has 2 unspecified atom stereocenters. The van der Waals surface area contributed by atoms with E-state index < -0.39 is 0 Å². The molecule has 2 heteroatoms. The van der Waals surface area contributed by atoms with Gasteiger partial charge in [0.2, 0.25) is 0 Å². The summed E-state index contributed by atoms with van der Waals surface area (Å²) >= 11 is 0. The summed E-state index contributed by atoms with van der Waals surface area (Å²) in [4.78, 5) is 0. The van der Waals surface area contributed by atoms with Crippen LogP contribution in [0, 0.1) is 11.3 Å². The molecule has 2 rings (SSSR count). The van der Waals surface area contributed by atoms with E-state index in [4.69, 9.17) is 9.47 Å². The maximum atomic E-state index is 5.89. The molecule has 1 aromatic rings. The van der Waals surface area contributed by atoms with Gasteiger partial charge in [0, 0.05) is 5.92 Å². The van der Waals surface area contributed by atoms with Crippen LogP contribution in [0.4, 0.5) is 0 Å². The first-order chi connectivity index (χ1) is 11.9. The second-order valence-electron chi connectivity index (χ2n) is 7.55. The molecule has 1 aliphatic rings. The number of benzene rings is 1. The van der Waals surface area contributed by atoms with Crippen molar-refractivity contribution in [2.24, 2.45) is 11.3 Å². The van der Waals surface area contributed by atoms with Gasteiger partial charge in [-0.25, -0.2) is 0 Å². The van der Waals surface area contributed by atoms with Crippen LogP contribution in [0.15, 0.2) is 54.1 Å². The molecule has 0 saturated carbocycles. The maximum Gasteiger partial charge on any atom is 0.118 e. The summed E-state index contributed by atoms with van der Waals surface area (Å²) in [6.45, 7) is 9.69. The molecule has 2 nitrogen and oxygen atoms in total. The van der Waals surface area contributed by atoms with E-state index in [-0.39, 0.29) is 6.10 Å². The van der Waals surface area contributed by atoms with Crippen molar-refractivity contribution < 1.29 is 9.47 Å². The van der Waals surface area contributed by atoms with Gasteiger partial charge in [-0.15, -0.1) is 0 Å². The lowest BCUT2D eigenvalue weighted by molar-refractivity contribution is 0.122. The predicted octanol–water partition coefficient (Wildman–Crippen LogP) is 6.05. The Hall–Kier alpha value is -1.80. The number of methoxy groups -OCH3 is 1. The van der Waals surface area contributed by atoms with Gasteiger partial charge in [0.05, 0.1) is 19.8 Å². The fraction of sp³-hybridized carbons (Fsp3) is 0.478. The number of rotatable bonds is 7. The lowest BCUT2D eigenvalue weighted by atomic mass is 9.68. The Morgan fingerprint density at radius 1 is 1.24 bits per heavy atom. The average molecular weight is 341 g/mol. The number of hydrogen-bond acceptors (Lipinski definition) is 2. The quantitative estimate of drug-likeness (QED) is 0.562. The van der Waals surface area contributed by atoms with E-state index in [9.17, 15) is 0 Å². The molecule has 1 aromatic carbocycles. The minimum Gasteiger partial charge on any atom is -0.497 e. The first kappa shape index (κ1) is 19.5. The van der Waals surface area contributed by atoms with E-state index in [1.54, 1.807) is 7.11 Å². The van der Waals surface area contributed by atoms with Crippen molar-refractivity contribution in [2.45, 2.75) is 46.6 Å². The zero-order valence-corrected chi connectivity index (χ0v) is 16.3. The summed E-state index contributed by atoms with van der Waals surface area (Å²) in [6.07, 6.45) is 13.6. The van der Waals surface area contributed by atoms with Crippen molar-refractivity contribution in [1.29, 1.82) is 0 Å². The van der Waals surface area contributed by atoms with E-state index >= 15 is 0 Å². The molecule has 0 fully saturated rings. The molecular formula is C23H32O2. The fourth-order valence-electron chi connectivity index (χ4n) is 3.41. The smallest absolute Gasteiger partial charge is 0.118 e. The molecule has 0 spiro atoms. The van der Waals surface area contributed by atoms with Crippen molar-refractivity contribution in [3.8, 4) is 5.75 Å². The number of allylic oxidation sites excluding steroid dienone is 3. The summed E-state index contributed by atoms with van der Waals surface area (Å²) in [5.74, 6) is 1.39. The Bertz CT molecular complexity index is 620. The van der Waals surface area contributed by atoms with Gasteiger partial charge in [-0.1, -0.05) is 61.9 Å². The highest BCUT2D eigenvalue weighted by molar-refractivity contribution is 5.50. The van der Waals surface area contributed by atoms with Crippen LogP contribution in [0.2, 0.25) is 0 Å². The third-order valence-electron chi connectivity index (χ3n) is 5.04. The van der Waals surface area contributed by atoms with Crippen LogP contribution < -0.4 is 4.74 Å². The highest BCUT2D eigenvalue weighted by Crippen LogP contribution is 2.41. The Morgan fingerprint density at radius 3 is 2.60 bits per heavy atom. The molecule has 25 heavy (non-hydrogen) atoms. The van der Waals surface area contributed by atoms with Crippen LogP contribution in [0.25, 0.3) is 6.08 Å². The van der Waals surface area contributed by atoms with Crippen LogP contribution in [-0.2, 0) is 4.74 Å². The predicted molar refractivity (Wildman–Crippen MR) is 107 cm³/mol. The summed E-state index contributed by atoms with van der Waals surface area (Å²) in [5.41, 5.74) is 2.97. The summed E-state index contributed by atoms with van der Waals surface area (Å²) in [5, 5.41) is 0. The molecule has 0 N–H and O–H groups in total. The third-order valence-corrected chi connectivity index (χ3v) is 5.04. The van der Waals surface area contributed by atoms with E-state index in [1.807, 2.05) is 24.3 Å². The normalized spacial score (nSPS) is 21.5. The highest BCUT2D eigenvalue weighted by atomic mass is 16.5. The Balaban J connectivity index is 1.81. The largest absolute Gasteiger partial charge is 0.497 e. The standard InChI is InChI=1S/C23H32O2/c1-18-8-6-16-23(3,4)22(18)15-10-19(2)25-17-7-9-20-11-13-21(24-5)14-12-20/h7-15,19,22H,6,16-17H2,1-5H3/b9-7+,15-10+. The van der Waals surface area contributed by atoms with E-state index in [0.717, 1.165) is 11.3 Å². The van der Waals surface area contributed by atoms with Crippen molar-refractivity contribution in [3.63, 3.8) is 0 Å². The third kappa shape index (κ3) is 5.89. The minimum atomic E-state index is 0.117. The van der Waals surface area contributed by atoms with Crippen molar-refractivity contribution in [3.05, 3.63) is 59.7 Å². The molecule has 0 saturated heterocycles. The maximum absolute atomic E-state index is 5.89. The first-order valence-electron chi connectivity index (χ1n) is 9.19. The van der Waals surface area contributed by atoms with Gasteiger partial charge in [0.25, 0.3) is 0 Å². The van der Waals surface area contributed by atoms with Gasteiger partial charge in [-0.3, -0.25) is 0 Å². The molecule has 0 amide bonds. The van der Waals surface area contributed by atoms with Gasteiger partial charge < -0.3 is 9.47 Å². The second-order valence-corrected chi connectivity index (χ2v) is 7.55. The van der Waals surface area contributed by atoms with Crippen LogP contribution >= 0.6 is 0 Å². The molecule has 136 valence electrons. The van der Waals surface area contributed by atoms with Crippen molar-refractivity contribution in [1.82, 2.24) is 0 Å². The second kappa shape index (κ2) is 9.05. The fourth-order valence-corrected chi connectivity index (χ4v) is 3.41. The topological polar surface area (TPSA) is 18.5 Å². The minimum absolute atomic E-state index is 0.117. The molecule has 0 bridgehead atoms. The number of ether oxygens (including phenoxy) is 2. The van der Waals surface area contributed by atoms with E-state index in [1.165, 1.54) is 18.4 Å². The van der Waals surface area contributed by atoms with Crippen molar-refractivity contribution in [2.75, 3.05) is 13.7 Å². The Labute approximate surface area is 153 Å².